The molecule has 1 atom stereocenters. The number of nitrogens with one attached hydrogen (secondary N) is 1. The third kappa shape index (κ3) is 5.68. The van der Waals surface area contributed by atoms with Crippen molar-refractivity contribution in [3.8, 4) is 0 Å². The van der Waals surface area contributed by atoms with Crippen molar-refractivity contribution in [1.82, 2.24) is 10.2 Å². The highest BCUT2D eigenvalue weighted by Crippen LogP contribution is 2.10. The topological polar surface area (TPSA) is 75.4 Å². The lowest BCUT2D eigenvalue weighted by atomic mass is 10.2. The highest BCUT2D eigenvalue weighted by molar-refractivity contribution is 5.84. The summed E-state index contributed by atoms with van der Waals surface area (Å²) in [6.45, 7) is 3.39. The van der Waals surface area contributed by atoms with E-state index in [1.807, 2.05) is 6.92 Å². The molecule has 1 fully saturated rings. The van der Waals surface area contributed by atoms with E-state index in [0.29, 0.717) is 19.5 Å². The quantitative estimate of drug-likeness (QED) is 0.724. The van der Waals surface area contributed by atoms with E-state index < -0.39 is 0 Å². The first-order chi connectivity index (χ1) is 8.09. The second-order valence-corrected chi connectivity index (χ2v) is 4.74. The van der Waals surface area contributed by atoms with Crippen LogP contribution in [-0.4, -0.2) is 42.4 Å². The van der Waals surface area contributed by atoms with Crippen LogP contribution in [-0.2, 0) is 9.59 Å². The molecule has 0 spiro atoms. The van der Waals surface area contributed by atoms with E-state index >= 15 is 0 Å². The van der Waals surface area contributed by atoms with E-state index in [9.17, 15) is 9.59 Å². The highest BCUT2D eigenvalue weighted by atomic mass is 16.2. The number of hydrogen-bond acceptors (Lipinski definition) is 3. The zero-order chi connectivity index (χ0) is 12.7. The first kappa shape index (κ1) is 14.0. The molecule has 1 aliphatic heterocycles. The predicted molar refractivity (Wildman–Crippen MR) is 66.3 cm³/mol. The van der Waals surface area contributed by atoms with Crippen LogP contribution in [0.1, 0.15) is 39.0 Å². The lowest BCUT2D eigenvalue weighted by molar-refractivity contribution is -0.135. The van der Waals surface area contributed by atoms with E-state index in [-0.39, 0.29) is 24.4 Å². The highest BCUT2D eigenvalue weighted by Gasteiger charge is 2.18. The molecule has 17 heavy (non-hydrogen) atoms. The Labute approximate surface area is 103 Å². The summed E-state index contributed by atoms with van der Waals surface area (Å²) < 4.78 is 0. The number of carbonyl (C=O) groups is 2. The third-order valence-electron chi connectivity index (χ3n) is 2.93. The number of nitrogens with zero attached hydrogens (tertiary/aromatic N) is 1. The minimum atomic E-state index is -0.0825. The third-order valence-corrected chi connectivity index (χ3v) is 2.93. The molecule has 0 bridgehead atoms. The first-order valence-corrected chi connectivity index (χ1v) is 6.39. The average Bonchev–Trinajstić information content (AvgIpc) is 2.44. The summed E-state index contributed by atoms with van der Waals surface area (Å²) in [5, 5.41) is 2.79. The molecule has 0 aromatic carbocycles. The van der Waals surface area contributed by atoms with Crippen LogP contribution >= 0.6 is 0 Å². The summed E-state index contributed by atoms with van der Waals surface area (Å²) in [5.41, 5.74) is 5.59. The molecule has 1 aliphatic rings. The molecule has 1 saturated heterocycles. The molecule has 0 aromatic rings. The van der Waals surface area contributed by atoms with Crippen molar-refractivity contribution in [2.24, 2.45) is 5.73 Å². The maximum Gasteiger partial charge on any atom is 0.239 e. The zero-order valence-corrected chi connectivity index (χ0v) is 10.6. The molecular formula is C12H23N3O2. The fourth-order valence-electron chi connectivity index (χ4n) is 1.87. The van der Waals surface area contributed by atoms with Crippen LogP contribution in [0.4, 0.5) is 0 Å². The van der Waals surface area contributed by atoms with Crippen LogP contribution in [0, 0.1) is 0 Å². The van der Waals surface area contributed by atoms with Crippen molar-refractivity contribution in [3.05, 3.63) is 0 Å². The van der Waals surface area contributed by atoms with E-state index in [0.717, 1.165) is 25.7 Å². The smallest absolute Gasteiger partial charge is 0.239 e. The fourth-order valence-corrected chi connectivity index (χ4v) is 1.87. The standard InChI is InChI=1S/C12H23N3O2/c1-10(13)6-7-14-11(16)9-15-8-4-2-3-5-12(15)17/h10H,2-9,13H2,1H3,(H,14,16). The van der Waals surface area contributed by atoms with Gasteiger partial charge in [-0.15, -0.1) is 0 Å². The summed E-state index contributed by atoms with van der Waals surface area (Å²) in [6, 6.07) is 0.0927. The maximum atomic E-state index is 11.7. The number of likely N-dealkylation sites (tertiary alicyclic amines) is 1. The molecule has 1 rings (SSSR count). The molecule has 1 unspecified atom stereocenters. The monoisotopic (exact) mass is 241 g/mol. The van der Waals surface area contributed by atoms with Gasteiger partial charge in [0.15, 0.2) is 0 Å². The predicted octanol–water partition coefficient (Wildman–Crippen LogP) is 0.242. The Kier molecular flexibility index (Phi) is 5.97. The van der Waals surface area contributed by atoms with E-state index in [4.69, 9.17) is 5.73 Å². The Morgan fingerprint density at radius 1 is 1.47 bits per heavy atom. The number of rotatable bonds is 5. The normalized spacial score (nSPS) is 18.7. The SMILES string of the molecule is CC(N)CCNC(=O)CN1CCCCCC1=O. The van der Waals surface area contributed by atoms with Gasteiger partial charge in [0.1, 0.15) is 0 Å². The van der Waals surface area contributed by atoms with E-state index in [2.05, 4.69) is 5.32 Å². The van der Waals surface area contributed by atoms with Gasteiger partial charge in [0.2, 0.25) is 11.8 Å². The van der Waals surface area contributed by atoms with Gasteiger partial charge in [0.05, 0.1) is 6.54 Å². The lowest BCUT2D eigenvalue weighted by Gasteiger charge is -2.19. The lowest BCUT2D eigenvalue weighted by Crippen LogP contribution is -2.41. The van der Waals surface area contributed by atoms with Crippen LogP contribution in [0.15, 0.2) is 0 Å². The van der Waals surface area contributed by atoms with Crippen molar-refractivity contribution < 1.29 is 9.59 Å². The van der Waals surface area contributed by atoms with Crippen LogP contribution < -0.4 is 11.1 Å². The largest absolute Gasteiger partial charge is 0.355 e. The number of nitrogens with two attached hydrogens (primary N) is 1. The molecule has 5 nitrogen and oxygen atoms in total. The Balaban J connectivity index is 2.26. The van der Waals surface area contributed by atoms with Crippen molar-refractivity contribution >= 4 is 11.8 Å². The minimum Gasteiger partial charge on any atom is -0.355 e. The Bertz CT molecular complexity index is 266. The second-order valence-electron chi connectivity index (χ2n) is 4.74. The van der Waals surface area contributed by atoms with Gasteiger partial charge in [-0.1, -0.05) is 6.42 Å². The zero-order valence-electron chi connectivity index (χ0n) is 10.6. The van der Waals surface area contributed by atoms with Gasteiger partial charge in [-0.2, -0.15) is 0 Å². The summed E-state index contributed by atoms with van der Waals surface area (Å²) in [6.07, 6.45) is 4.36. The molecule has 0 aliphatic carbocycles. The van der Waals surface area contributed by atoms with Gasteiger partial charge in [-0.3, -0.25) is 9.59 Å². The molecule has 1 heterocycles. The van der Waals surface area contributed by atoms with Gasteiger partial charge >= 0.3 is 0 Å². The van der Waals surface area contributed by atoms with E-state index in [1.165, 1.54) is 0 Å². The minimum absolute atomic E-state index is 0.0825. The molecule has 98 valence electrons. The number of amides is 2. The van der Waals surface area contributed by atoms with Crippen LogP contribution in [0.5, 0.6) is 0 Å². The maximum absolute atomic E-state index is 11.7. The van der Waals surface area contributed by atoms with Gasteiger partial charge in [-0.05, 0) is 26.2 Å². The van der Waals surface area contributed by atoms with Crippen LogP contribution in [0.25, 0.3) is 0 Å². The van der Waals surface area contributed by atoms with Crippen molar-refractivity contribution in [2.45, 2.75) is 45.1 Å². The number of hydrogen-bond donors (Lipinski definition) is 2. The van der Waals surface area contributed by atoms with Gasteiger partial charge in [-0.25, -0.2) is 0 Å². The van der Waals surface area contributed by atoms with Crippen LogP contribution in [0.3, 0.4) is 0 Å². The van der Waals surface area contributed by atoms with Crippen molar-refractivity contribution in [2.75, 3.05) is 19.6 Å². The molecule has 0 aromatic heterocycles. The first-order valence-electron chi connectivity index (χ1n) is 6.39. The molecule has 2 amide bonds. The molecule has 0 radical (unpaired) electrons. The van der Waals surface area contributed by atoms with E-state index in [1.54, 1.807) is 4.90 Å². The molecular weight excluding hydrogens is 218 g/mol. The molecule has 0 saturated carbocycles. The summed E-state index contributed by atoms with van der Waals surface area (Å²) >= 11 is 0. The van der Waals surface area contributed by atoms with Crippen molar-refractivity contribution in [3.63, 3.8) is 0 Å². The average molecular weight is 241 g/mol. The molecule has 3 N–H and O–H groups in total. The second kappa shape index (κ2) is 7.27. The Morgan fingerprint density at radius 3 is 2.94 bits per heavy atom. The van der Waals surface area contributed by atoms with Gasteiger partial charge < -0.3 is 16.0 Å². The Morgan fingerprint density at radius 2 is 2.24 bits per heavy atom. The Hall–Kier alpha value is -1.10. The van der Waals surface area contributed by atoms with Gasteiger partial charge in [0.25, 0.3) is 0 Å². The van der Waals surface area contributed by atoms with Crippen LogP contribution in [0.2, 0.25) is 0 Å². The molecule has 5 heteroatoms. The van der Waals surface area contributed by atoms with Crippen molar-refractivity contribution in [1.29, 1.82) is 0 Å². The fraction of sp³-hybridized carbons (Fsp3) is 0.833. The number of carbonyl (C=O) groups excluding carboxylic acids is 2. The van der Waals surface area contributed by atoms with Gasteiger partial charge in [0, 0.05) is 25.6 Å². The summed E-state index contributed by atoms with van der Waals surface area (Å²) in [5.74, 6) is 0.0192. The summed E-state index contributed by atoms with van der Waals surface area (Å²) in [4.78, 5) is 24.9. The summed E-state index contributed by atoms with van der Waals surface area (Å²) in [7, 11) is 0.